The van der Waals surface area contributed by atoms with Gasteiger partial charge in [-0.2, -0.15) is 5.21 Å². The molecule has 0 fully saturated rings. The minimum atomic E-state index is 0. The van der Waals surface area contributed by atoms with Crippen LogP contribution in [0.25, 0.3) is 0 Å². The Bertz CT molecular complexity index is 118. The number of nitrogens with zero attached hydrogens (tertiary/aromatic N) is 3. The van der Waals surface area contributed by atoms with Gasteiger partial charge in [0.05, 0.1) is 0 Å². The Labute approximate surface area is 64.5 Å². The van der Waals surface area contributed by atoms with Crippen LogP contribution in [0.15, 0.2) is 0 Å². The minimum absolute atomic E-state index is 0. The molecule has 0 amide bonds. The summed E-state index contributed by atoms with van der Waals surface area (Å²) in [6, 6.07) is 0. The monoisotopic (exact) mass is 108 g/mol. The Morgan fingerprint density at radius 1 is 1.71 bits per heavy atom. The molecule has 1 rings (SSSR count). The first-order valence-corrected chi connectivity index (χ1v) is 1.59. The van der Waals surface area contributed by atoms with Crippen LogP contribution in [0.3, 0.4) is 0 Å². The standard InChI is InChI=1S/C2H4N4.Na.H/c1-2-3-5-6-4-2;;/h1H3,(H,3,4,5,6);;/q;+1;-1. The number of H-pyrrole nitrogens is 1. The third-order valence-electron chi connectivity index (χ3n) is 0.451. The van der Waals surface area contributed by atoms with Crippen molar-refractivity contribution in [3.63, 3.8) is 0 Å². The van der Waals surface area contributed by atoms with E-state index in [-0.39, 0.29) is 31.0 Å². The zero-order valence-corrected chi connectivity index (χ0v) is 6.34. The fraction of sp³-hybridized carbons (Fsp3) is 0.500. The number of rotatable bonds is 0. The summed E-state index contributed by atoms with van der Waals surface area (Å²) in [5.74, 6) is 0.676. The molecule has 0 saturated heterocycles. The van der Waals surface area contributed by atoms with Crippen molar-refractivity contribution in [2.75, 3.05) is 0 Å². The summed E-state index contributed by atoms with van der Waals surface area (Å²) in [6.45, 7) is 1.77. The largest absolute Gasteiger partial charge is 1.00 e. The predicted octanol–water partition coefficient (Wildman–Crippen LogP) is -3.38. The quantitative estimate of drug-likeness (QED) is 0.353. The van der Waals surface area contributed by atoms with E-state index in [1.165, 1.54) is 0 Å². The maximum Gasteiger partial charge on any atom is 1.00 e. The van der Waals surface area contributed by atoms with Crippen molar-refractivity contribution in [3.8, 4) is 0 Å². The molecule has 0 unspecified atom stereocenters. The summed E-state index contributed by atoms with van der Waals surface area (Å²) in [4.78, 5) is 0. The summed E-state index contributed by atoms with van der Waals surface area (Å²) in [5.41, 5.74) is 0. The third-order valence-corrected chi connectivity index (χ3v) is 0.451. The second-order valence-electron chi connectivity index (χ2n) is 0.959. The Morgan fingerprint density at radius 2 is 2.43 bits per heavy atom. The van der Waals surface area contributed by atoms with Gasteiger partial charge in [-0.25, -0.2) is 0 Å². The van der Waals surface area contributed by atoms with E-state index >= 15 is 0 Å². The Kier molecular flexibility index (Phi) is 3.15. The molecule has 0 aliphatic heterocycles. The fourth-order valence-corrected chi connectivity index (χ4v) is 0.212. The zero-order valence-electron chi connectivity index (χ0n) is 5.34. The molecule has 1 heterocycles. The van der Waals surface area contributed by atoms with Gasteiger partial charge in [0.25, 0.3) is 0 Å². The molecule has 34 valence electrons. The van der Waals surface area contributed by atoms with E-state index in [2.05, 4.69) is 20.6 Å². The summed E-state index contributed by atoms with van der Waals surface area (Å²) in [6.07, 6.45) is 0. The van der Waals surface area contributed by atoms with Crippen molar-refractivity contribution in [1.82, 2.24) is 20.6 Å². The second-order valence-corrected chi connectivity index (χ2v) is 0.959. The van der Waals surface area contributed by atoms with Gasteiger partial charge in [-0.1, -0.05) is 5.21 Å². The van der Waals surface area contributed by atoms with Crippen molar-refractivity contribution < 1.29 is 31.0 Å². The first-order valence-electron chi connectivity index (χ1n) is 1.59. The van der Waals surface area contributed by atoms with Crippen LogP contribution in [0, 0.1) is 6.92 Å². The van der Waals surface area contributed by atoms with Crippen LogP contribution in [-0.2, 0) is 0 Å². The maximum atomic E-state index is 3.57. The number of tetrazole rings is 1. The normalized spacial score (nSPS) is 7.57. The van der Waals surface area contributed by atoms with Gasteiger partial charge in [-0.15, -0.1) is 10.2 Å². The molecule has 4 nitrogen and oxygen atoms in total. The van der Waals surface area contributed by atoms with E-state index in [1.54, 1.807) is 6.92 Å². The first-order chi connectivity index (χ1) is 2.89. The fourth-order valence-electron chi connectivity index (χ4n) is 0.212. The minimum Gasteiger partial charge on any atom is -1.00 e. The Hall–Kier alpha value is 0.0700. The number of hydrogen-bond donors (Lipinski definition) is 1. The first kappa shape index (κ1) is 7.07. The van der Waals surface area contributed by atoms with Gasteiger partial charge in [0, 0.05) is 0 Å². The van der Waals surface area contributed by atoms with Crippen LogP contribution in [0.4, 0.5) is 0 Å². The van der Waals surface area contributed by atoms with E-state index < -0.39 is 0 Å². The average Bonchev–Trinajstić information content (AvgIpc) is 1.86. The van der Waals surface area contributed by atoms with E-state index in [9.17, 15) is 0 Å². The molecule has 0 atom stereocenters. The zero-order chi connectivity index (χ0) is 4.41. The SMILES string of the molecule is Cc1nn[nH]n1.[H-].[Na+]. The average molecular weight is 108 g/mol. The van der Waals surface area contributed by atoms with Gasteiger partial charge < -0.3 is 1.43 Å². The Balaban J connectivity index is 0. The Morgan fingerprint density at radius 3 is 2.57 bits per heavy atom. The van der Waals surface area contributed by atoms with Gasteiger partial charge in [0.1, 0.15) is 0 Å². The van der Waals surface area contributed by atoms with Crippen LogP contribution >= 0.6 is 0 Å². The van der Waals surface area contributed by atoms with Crippen LogP contribution in [0.5, 0.6) is 0 Å². The molecule has 1 N–H and O–H groups in total. The smallest absolute Gasteiger partial charge is 1.00 e. The topological polar surface area (TPSA) is 54.5 Å². The molecule has 0 spiro atoms. The number of aromatic nitrogens is 4. The van der Waals surface area contributed by atoms with Gasteiger partial charge in [0.2, 0.25) is 0 Å². The van der Waals surface area contributed by atoms with Crippen molar-refractivity contribution in [3.05, 3.63) is 5.82 Å². The van der Waals surface area contributed by atoms with Gasteiger partial charge in [0.15, 0.2) is 5.82 Å². The summed E-state index contributed by atoms with van der Waals surface area (Å²) in [5, 5.41) is 12.7. The van der Waals surface area contributed by atoms with E-state index in [0.717, 1.165) is 0 Å². The molecule has 0 bridgehead atoms. The molecular weight excluding hydrogens is 103 g/mol. The molecule has 1 aromatic heterocycles. The molecule has 1 aromatic rings. The molecular formula is C2H5N4Na. The van der Waals surface area contributed by atoms with Gasteiger partial charge >= 0.3 is 29.6 Å². The van der Waals surface area contributed by atoms with Crippen LogP contribution in [0.2, 0.25) is 0 Å². The van der Waals surface area contributed by atoms with Gasteiger partial charge in [-0.3, -0.25) is 0 Å². The summed E-state index contributed by atoms with van der Waals surface area (Å²) < 4.78 is 0. The van der Waals surface area contributed by atoms with Crippen molar-refractivity contribution in [2.45, 2.75) is 6.92 Å². The molecule has 0 aromatic carbocycles. The van der Waals surface area contributed by atoms with Crippen LogP contribution in [-0.4, -0.2) is 20.6 Å². The molecule has 0 saturated carbocycles. The number of aromatic amines is 1. The van der Waals surface area contributed by atoms with Crippen LogP contribution in [0.1, 0.15) is 7.25 Å². The molecule has 5 heteroatoms. The van der Waals surface area contributed by atoms with E-state index in [4.69, 9.17) is 0 Å². The number of aryl methyl sites for hydroxylation is 1. The van der Waals surface area contributed by atoms with Crippen molar-refractivity contribution in [1.29, 1.82) is 0 Å². The number of nitrogens with one attached hydrogen (secondary N) is 1. The molecule has 0 aliphatic carbocycles. The van der Waals surface area contributed by atoms with E-state index in [1.807, 2.05) is 0 Å². The molecule has 7 heavy (non-hydrogen) atoms. The number of hydrogen-bond acceptors (Lipinski definition) is 3. The predicted molar refractivity (Wildman–Crippen MR) is 20.0 cm³/mol. The second kappa shape index (κ2) is 3.12. The van der Waals surface area contributed by atoms with Crippen LogP contribution < -0.4 is 29.6 Å². The van der Waals surface area contributed by atoms with Crippen molar-refractivity contribution >= 4 is 0 Å². The van der Waals surface area contributed by atoms with Crippen molar-refractivity contribution in [2.24, 2.45) is 0 Å². The van der Waals surface area contributed by atoms with Gasteiger partial charge in [-0.05, 0) is 6.92 Å². The molecule has 0 radical (unpaired) electrons. The third kappa shape index (κ3) is 2.01. The molecule has 0 aliphatic rings. The van der Waals surface area contributed by atoms with E-state index in [0.29, 0.717) is 5.82 Å². The summed E-state index contributed by atoms with van der Waals surface area (Å²) in [7, 11) is 0. The maximum absolute atomic E-state index is 3.57. The summed E-state index contributed by atoms with van der Waals surface area (Å²) >= 11 is 0.